The number of hydrogen-bond acceptors (Lipinski definition) is 14. The van der Waals surface area contributed by atoms with Gasteiger partial charge in [0.05, 0.1) is 26.4 Å². The van der Waals surface area contributed by atoms with E-state index in [2.05, 4.69) is 13.8 Å². The van der Waals surface area contributed by atoms with E-state index < -0.39 is 80.7 Å². The lowest BCUT2D eigenvalue weighted by atomic mass is 9.98. The minimum absolute atomic E-state index is 0.0716. The van der Waals surface area contributed by atoms with Gasteiger partial charge in [-0.05, 0) is 12.8 Å². The number of esters is 1. The summed E-state index contributed by atoms with van der Waals surface area (Å²) in [5.74, 6) is -0.364. The van der Waals surface area contributed by atoms with Crippen LogP contribution in [0, 0.1) is 0 Å². The molecule has 14 heteroatoms. The normalized spacial score (nSPS) is 23.6. The minimum atomic E-state index is -1.70. The minimum Gasteiger partial charge on any atom is -0.457 e. The fraction of sp³-hybridized carbons (Fsp3) is 0.985. The summed E-state index contributed by atoms with van der Waals surface area (Å²) in [7, 11) is 0. The third-order valence-electron chi connectivity index (χ3n) is 17.1. The molecule has 11 unspecified atom stereocenters. The summed E-state index contributed by atoms with van der Waals surface area (Å²) in [6.07, 6.45) is 46.1. The van der Waals surface area contributed by atoms with Crippen LogP contribution in [0.1, 0.15) is 322 Å². The Hall–Kier alpha value is -1.01. The van der Waals surface area contributed by atoms with Crippen LogP contribution in [0.4, 0.5) is 0 Å². The molecule has 7 N–H and O–H groups in total. The van der Waals surface area contributed by atoms with Crippen molar-refractivity contribution in [2.75, 3.05) is 33.0 Å². The molecule has 2 aliphatic rings. The third-order valence-corrected chi connectivity index (χ3v) is 17.1. The first kappa shape index (κ1) is 76.1. The summed E-state index contributed by atoms with van der Waals surface area (Å²) in [6, 6.07) is 0. The molecule has 0 aliphatic carbocycles. The quantitative estimate of drug-likeness (QED) is 0.0223. The van der Waals surface area contributed by atoms with Crippen molar-refractivity contribution in [1.29, 1.82) is 0 Å². The summed E-state index contributed by atoms with van der Waals surface area (Å²) >= 11 is 0. The van der Waals surface area contributed by atoms with Gasteiger partial charge in [0.25, 0.3) is 0 Å². The molecule has 2 heterocycles. The highest BCUT2D eigenvalue weighted by Gasteiger charge is 2.47. The molecule has 0 aromatic heterocycles. The van der Waals surface area contributed by atoms with Gasteiger partial charge in [-0.15, -0.1) is 0 Å². The molecule has 0 aromatic rings. The standard InChI is InChI=1S/C67H130O14/c1-3-5-7-9-11-13-15-17-19-21-23-25-27-28-30-32-34-36-38-40-42-44-46-48-50-59(69)79-56(54-77-66-65(75)63(73)61(71)58(81-66)55-78-67-64(74)62(72)60(70)57(52-68)80-67)53-76-51-49-47-45-43-41-39-37-35-33-31-29-26-24-22-20-18-16-14-12-10-8-6-4-2/h56-58,60-68,70-75H,3-55H2,1-2H3. The largest absolute Gasteiger partial charge is 0.457 e. The van der Waals surface area contributed by atoms with E-state index in [0.29, 0.717) is 6.61 Å². The molecule has 14 nitrogen and oxygen atoms in total. The first-order valence-corrected chi connectivity index (χ1v) is 34.6. The fourth-order valence-electron chi connectivity index (χ4n) is 11.6. The molecule has 0 radical (unpaired) electrons. The van der Waals surface area contributed by atoms with Gasteiger partial charge in [0.2, 0.25) is 0 Å². The Labute approximate surface area is 495 Å². The zero-order chi connectivity index (χ0) is 58.6. The van der Waals surface area contributed by atoms with Crippen molar-refractivity contribution >= 4 is 5.97 Å². The van der Waals surface area contributed by atoms with E-state index in [1.165, 1.54) is 257 Å². The van der Waals surface area contributed by atoms with Crippen LogP contribution in [0.15, 0.2) is 0 Å². The van der Waals surface area contributed by atoms with E-state index in [4.69, 9.17) is 28.4 Å². The number of aliphatic hydroxyl groups excluding tert-OH is 7. The highest BCUT2D eigenvalue weighted by Crippen LogP contribution is 2.27. The Bertz CT molecular complexity index is 1340. The van der Waals surface area contributed by atoms with Crippen molar-refractivity contribution in [3.8, 4) is 0 Å². The number of hydrogen-bond donors (Lipinski definition) is 7. The van der Waals surface area contributed by atoms with Gasteiger partial charge in [0.15, 0.2) is 12.6 Å². The van der Waals surface area contributed by atoms with E-state index in [0.717, 1.165) is 44.9 Å². The van der Waals surface area contributed by atoms with Crippen LogP contribution in [-0.4, -0.2) is 142 Å². The van der Waals surface area contributed by atoms with Crippen molar-refractivity contribution in [2.24, 2.45) is 0 Å². The van der Waals surface area contributed by atoms with Crippen LogP contribution in [0.5, 0.6) is 0 Å². The number of carbonyl (C=O) groups excluding carboxylic acids is 1. The van der Waals surface area contributed by atoms with Crippen LogP contribution in [0.25, 0.3) is 0 Å². The second kappa shape index (κ2) is 54.4. The van der Waals surface area contributed by atoms with Gasteiger partial charge < -0.3 is 64.2 Å². The maximum absolute atomic E-state index is 13.1. The van der Waals surface area contributed by atoms with Crippen molar-refractivity contribution in [2.45, 2.75) is 390 Å². The number of carbonyl (C=O) groups is 1. The highest BCUT2D eigenvalue weighted by molar-refractivity contribution is 5.69. The van der Waals surface area contributed by atoms with E-state index in [-0.39, 0.29) is 25.6 Å². The molecule has 2 aliphatic heterocycles. The van der Waals surface area contributed by atoms with E-state index in [1.807, 2.05) is 0 Å². The Morgan fingerprint density at radius 1 is 0.358 bits per heavy atom. The Morgan fingerprint density at radius 3 is 1.00 bits per heavy atom. The maximum Gasteiger partial charge on any atom is 0.306 e. The lowest BCUT2D eigenvalue weighted by Gasteiger charge is -2.42. The molecular formula is C67H130O14. The average molecular weight is 1160 g/mol. The highest BCUT2D eigenvalue weighted by atomic mass is 16.7. The predicted octanol–water partition coefficient (Wildman–Crippen LogP) is 14.3. The van der Waals surface area contributed by atoms with Gasteiger partial charge in [-0.3, -0.25) is 4.79 Å². The van der Waals surface area contributed by atoms with Crippen LogP contribution in [0.3, 0.4) is 0 Å². The van der Waals surface area contributed by atoms with Crippen LogP contribution >= 0.6 is 0 Å². The SMILES string of the molecule is CCCCCCCCCCCCCCCCCCCCCCCCCCC(=O)OC(COCCCCCCCCCCCCCCCCCCCCCCCCC)COC1OC(COC2OC(CO)C(O)C(O)C2O)C(O)C(O)C1O. The van der Waals surface area contributed by atoms with Gasteiger partial charge >= 0.3 is 5.97 Å². The number of unbranched alkanes of at least 4 members (excludes halogenated alkanes) is 45. The summed E-state index contributed by atoms with van der Waals surface area (Å²) in [5, 5.41) is 72.6. The monoisotopic (exact) mass is 1160 g/mol. The lowest BCUT2D eigenvalue weighted by Crippen LogP contribution is -2.61. The second-order valence-corrected chi connectivity index (χ2v) is 24.7. The van der Waals surface area contributed by atoms with Gasteiger partial charge in [0.1, 0.15) is 54.9 Å². The Balaban J connectivity index is 1.63. The molecular weight excluding hydrogens is 1030 g/mol. The molecule has 0 aromatic carbocycles. The molecule has 0 amide bonds. The molecule has 482 valence electrons. The van der Waals surface area contributed by atoms with E-state index in [1.54, 1.807) is 0 Å². The van der Waals surface area contributed by atoms with Crippen LogP contribution < -0.4 is 0 Å². The number of aliphatic hydroxyl groups is 7. The number of ether oxygens (including phenoxy) is 6. The zero-order valence-electron chi connectivity index (χ0n) is 52.3. The lowest BCUT2D eigenvalue weighted by molar-refractivity contribution is -0.332. The predicted molar refractivity (Wildman–Crippen MR) is 326 cm³/mol. The molecule has 2 saturated heterocycles. The Kier molecular flexibility index (Phi) is 51.1. The van der Waals surface area contributed by atoms with Crippen molar-refractivity contribution in [3.63, 3.8) is 0 Å². The summed E-state index contributed by atoms with van der Waals surface area (Å²) in [4.78, 5) is 13.1. The van der Waals surface area contributed by atoms with E-state index in [9.17, 15) is 40.5 Å². The van der Waals surface area contributed by atoms with E-state index >= 15 is 0 Å². The molecule has 0 spiro atoms. The topological polar surface area (TPSA) is 214 Å². The first-order chi connectivity index (χ1) is 39.6. The smallest absolute Gasteiger partial charge is 0.306 e. The van der Waals surface area contributed by atoms with Gasteiger partial charge in [-0.25, -0.2) is 0 Å². The van der Waals surface area contributed by atoms with Gasteiger partial charge in [-0.1, -0.05) is 303 Å². The van der Waals surface area contributed by atoms with Gasteiger partial charge in [0, 0.05) is 13.0 Å². The molecule has 2 rings (SSSR count). The van der Waals surface area contributed by atoms with Crippen molar-refractivity contribution < 1.29 is 69.0 Å². The maximum atomic E-state index is 13.1. The van der Waals surface area contributed by atoms with Crippen molar-refractivity contribution in [3.05, 3.63) is 0 Å². The molecule has 11 atom stereocenters. The van der Waals surface area contributed by atoms with Crippen LogP contribution in [0.2, 0.25) is 0 Å². The second-order valence-electron chi connectivity index (χ2n) is 24.7. The molecule has 0 bridgehead atoms. The first-order valence-electron chi connectivity index (χ1n) is 34.6. The summed E-state index contributed by atoms with van der Waals surface area (Å²) < 4.78 is 34.6. The third kappa shape index (κ3) is 40.1. The van der Waals surface area contributed by atoms with Crippen LogP contribution in [-0.2, 0) is 33.2 Å². The van der Waals surface area contributed by atoms with Crippen molar-refractivity contribution in [1.82, 2.24) is 0 Å². The molecule has 0 saturated carbocycles. The Morgan fingerprint density at radius 2 is 0.654 bits per heavy atom. The fourth-order valence-corrected chi connectivity index (χ4v) is 11.6. The molecule has 81 heavy (non-hydrogen) atoms. The average Bonchev–Trinajstić information content (AvgIpc) is 3.46. The van der Waals surface area contributed by atoms with Gasteiger partial charge in [-0.2, -0.15) is 0 Å². The molecule has 2 fully saturated rings. The summed E-state index contributed by atoms with van der Waals surface area (Å²) in [5.41, 5.74) is 0. The summed E-state index contributed by atoms with van der Waals surface area (Å²) in [6.45, 7) is 3.80. The zero-order valence-corrected chi connectivity index (χ0v) is 52.3. The number of rotatable bonds is 59.